The van der Waals surface area contributed by atoms with Gasteiger partial charge in [0.05, 0.1) is 6.10 Å². The van der Waals surface area contributed by atoms with E-state index >= 15 is 0 Å². The van der Waals surface area contributed by atoms with Crippen molar-refractivity contribution < 1.29 is 10.2 Å². The zero-order valence-corrected chi connectivity index (χ0v) is 8.20. The molecular formula is C9H21NO2. The van der Waals surface area contributed by atoms with Crippen molar-refractivity contribution in [3.8, 4) is 0 Å². The molecule has 0 heterocycles. The molecule has 3 atom stereocenters. The van der Waals surface area contributed by atoms with E-state index in [0.717, 1.165) is 6.42 Å². The first-order chi connectivity index (χ1) is 5.49. The molecule has 0 rings (SSSR count). The number of rotatable bonds is 5. The molecule has 3 heteroatoms. The third-order valence-corrected chi connectivity index (χ3v) is 2.05. The number of aliphatic hydroxyl groups excluding tert-OH is 2. The first-order valence-electron chi connectivity index (χ1n) is 4.53. The average Bonchev–Trinajstić information content (AvgIpc) is 2.00. The van der Waals surface area contributed by atoms with Gasteiger partial charge in [0.2, 0.25) is 0 Å². The van der Waals surface area contributed by atoms with Crippen LogP contribution in [0.3, 0.4) is 0 Å². The standard InChI is InChI=1S/C9H21NO2/c1-6(2)4-8(10)9(12)7(3)5-11/h6-9,11-12H,4-5,10H2,1-3H3/t7-,8+,9-/m1/s1. The van der Waals surface area contributed by atoms with Crippen LogP contribution in [0.15, 0.2) is 0 Å². The quantitative estimate of drug-likeness (QED) is 0.565. The molecule has 0 aromatic carbocycles. The van der Waals surface area contributed by atoms with Gasteiger partial charge < -0.3 is 15.9 Å². The second kappa shape index (κ2) is 5.51. The lowest BCUT2D eigenvalue weighted by Crippen LogP contribution is -2.41. The van der Waals surface area contributed by atoms with Crippen molar-refractivity contribution in [1.82, 2.24) is 0 Å². The van der Waals surface area contributed by atoms with Gasteiger partial charge in [-0.2, -0.15) is 0 Å². The summed E-state index contributed by atoms with van der Waals surface area (Å²) in [5.74, 6) is 0.360. The molecule has 0 radical (unpaired) electrons. The molecule has 3 nitrogen and oxygen atoms in total. The molecule has 0 aromatic heterocycles. The highest BCUT2D eigenvalue weighted by Gasteiger charge is 2.21. The van der Waals surface area contributed by atoms with Crippen LogP contribution in [-0.2, 0) is 0 Å². The van der Waals surface area contributed by atoms with Crippen molar-refractivity contribution in [3.05, 3.63) is 0 Å². The predicted molar refractivity (Wildman–Crippen MR) is 49.7 cm³/mol. The summed E-state index contributed by atoms with van der Waals surface area (Å²) in [5.41, 5.74) is 5.73. The number of hydrogen-bond donors (Lipinski definition) is 3. The van der Waals surface area contributed by atoms with Crippen LogP contribution in [0.4, 0.5) is 0 Å². The molecule has 12 heavy (non-hydrogen) atoms. The molecule has 0 unspecified atom stereocenters. The molecule has 74 valence electrons. The maximum absolute atomic E-state index is 9.55. The van der Waals surface area contributed by atoms with Crippen LogP contribution in [0.1, 0.15) is 27.2 Å². The Morgan fingerprint density at radius 2 is 1.75 bits per heavy atom. The minimum Gasteiger partial charge on any atom is -0.396 e. The molecule has 0 fully saturated rings. The Labute approximate surface area is 74.6 Å². The number of nitrogens with two attached hydrogens (primary N) is 1. The summed E-state index contributed by atoms with van der Waals surface area (Å²) in [5, 5.41) is 18.3. The predicted octanol–water partition coefficient (Wildman–Crippen LogP) is 0.349. The molecule has 4 N–H and O–H groups in total. The molecular weight excluding hydrogens is 154 g/mol. The third-order valence-electron chi connectivity index (χ3n) is 2.05. The lowest BCUT2D eigenvalue weighted by molar-refractivity contribution is 0.0516. The van der Waals surface area contributed by atoms with Gasteiger partial charge in [-0.3, -0.25) is 0 Å². The van der Waals surface area contributed by atoms with Crippen LogP contribution in [0.25, 0.3) is 0 Å². The SMILES string of the molecule is CC(C)C[C@H](N)[C@H](O)[C@H](C)CO. The van der Waals surface area contributed by atoms with Gasteiger partial charge >= 0.3 is 0 Å². The summed E-state index contributed by atoms with van der Waals surface area (Å²) in [6.07, 6.45) is 0.211. The van der Waals surface area contributed by atoms with Crippen LogP contribution >= 0.6 is 0 Å². The highest BCUT2D eigenvalue weighted by Crippen LogP contribution is 2.12. The van der Waals surface area contributed by atoms with Crippen molar-refractivity contribution in [2.45, 2.75) is 39.3 Å². The Morgan fingerprint density at radius 3 is 2.08 bits per heavy atom. The van der Waals surface area contributed by atoms with Crippen molar-refractivity contribution in [1.29, 1.82) is 0 Å². The minimum absolute atomic E-state index is 0.00698. The van der Waals surface area contributed by atoms with Crippen LogP contribution < -0.4 is 5.73 Å². The second-order valence-corrected chi connectivity index (χ2v) is 3.94. The van der Waals surface area contributed by atoms with Gasteiger partial charge in [0.15, 0.2) is 0 Å². The zero-order valence-electron chi connectivity index (χ0n) is 8.20. The van der Waals surface area contributed by atoms with E-state index in [4.69, 9.17) is 10.8 Å². The monoisotopic (exact) mass is 175 g/mol. The van der Waals surface area contributed by atoms with E-state index in [9.17, 15) is 5.11 Å². The molecule has 0 bridgehead atoms. The van der Waals surface area contributed by atoms with Crippen molar-refractivity contribution in [2.75, 3.05) is 6.61 Å². The van der Waals surface area contributed by atoms with Gasteiger partial charge in [0, 0.05) is 18.6 Å². The summed E-state index contributed by atoms with van der Waals surface area (Å²) in [6.45, 7) is 5.92. The van der Waals surface area contributed by atoms with Crippen LogP contribution in [0, 0.1) is 11.8 Å². The third kappa shape index (κ3) is 4.04. The summed E-state index contributed by atoms with van der Waals surface area (Å²) in [7, 11) is 0. The lowest BCUT2D eigenvalue weighted by atomic mass is 9.93. The molecule has 0 spiro atoms. The van der Waals surface area contributed by atoms with Crippen molar-refractivity contribution in [3.63, 3.8) is 0 Å². The van der Waals surface area contributed by atoms with Crippen LogP contribution in [-0.4, -0.2) is 29.0 Å². The summed E-state index contributed by atoms with van der Waals surface area (Å²) in [6, 6.07) is -0.216. The van der Waals surface area contributed by atoms with Gasteiger partial charge in [-0.25, -0.2) is 0 Å². The van der Waals surface area contributed by atoms with Crippen LogP contribution in [0.5, 0.6) is 0 Å². The normalized spacial score (nSPS) is 19.2. The van der Waals surface area contributed by atoms with Gasteiger partial charge in [-0.1, -0.05) is 20.8 Å². The van der Waals surface area contributed by atoms with E-state index in [1.165, 1.54) is 0 Å². The Bertz CT molecular complexity index is 117. The second-order valence-electron chi connectivity index (χ2n) is 3.94. The molecule has 0 aliphatic rings. The molecule has 0 saturated carbocycles. The minimum atomic E-state index is -0.586. The van der Waals surface area contributed by atoms with E-state index in [2.05, 4.69) is 13.8 Å². The molecule has 0 aliphatic carbocycles. The first-order valence-corrected chi connectivity index (χ1v) is 4.53. The van der Waals surface area contributed by atoms with E-state index in [1.54, 1.807) is 6.92 Å². The maximum atomic E-state index is 9.55. The van der Waals surface area contributed by atoms with E-state index in [1.807, 2.05) is 0 Å². The lowest BCUT2D eigenvalue weighted by Gasteiger charge is -2.24. The van der Waals surface area contributed by atoms with Crippen molar-refractivity contribution >= 4 is 0 Å². The number of hydrogen-bond acceptors (Lipinski definition) is 3. The molecule has 0 saturated heterocycles. The highest BCUT2D eigenvalue weighted by molar-refractivity contribution is 4.76. The Kier molecular flexibility index (Phi) is 5.46. The van der Waals surface area contributed by atoms with Crippen LogP contribution in [0.2, 0.25) is 0 Å². The topological polar surface area (TPSA) is 66.5 Å². The van der Waals surface area contributed by atoms with E-state index in [-0.39, 0.29) is 18.6 Å². The van der Waals surface area contributed by atoms with E-state index < -0.39 is 6.10 Å². The number of aliphatic hydroxyl groups is 2. The summed E-state index contributed by atoms with van der Waals surface area (Å²) < 4.78 is 0. The fraction of sp³-hybridized carbons (Fsp3) is 1.00. The van der Waals surface area contributed by atoms with Gasteiger partial charge in [-0.15, -0.1) is 0 Å². The maximum Gasteiger partial charge on any atom is 0.0738 e. The van der Waals surface area contributed by atoms with E-state index in [0.29, 0.717) is 5.92 Å². The Balaban J connectivity index is 3.83. The van der Waals surface area contributed by atoms with Crippen molar-refractivity contribution in [2.24, 2.45) is 17.6 Å². The average molecular weight is 175 g/mol. The largest absolute Gasteiger partial charge is 0.396 e. The Morgan fingerprint density at radius 1 is 1.25 bits per heavy atom. The zero-order chi connectivity index (χ0) is 9.72. The summed E-state index contributed by atoms with van der Waals surface area (Å²) >= 11 is 0. The fourth-order valence-corrected chi connectivity index (χ4v) is 1.21. The van der Waals surface area contributed by atoms with Gasteiger partial charge in [0.25, 0.3) is 0 Å². The molecule has 0 aromatic rings. The van der Waals surface area contributed by atoms with Gasteiger partial charge in [-0.05, 0) is 12.3 Å². The molecule has 0 amide bonds. The fourth-order valence-electron chi connectivity index (χ4n) is 1.21. The smallest absolute Gasteiger partial charge is 0.0738 e. The Hall–Kier alpha value is -0.120. The highest BCUT2D eigenvalue weighted by atomic mass is 16.3. The summed E-state index contributed by atoms with van der Waals surface area (Å²) in [4.78, 5) is 0. The molecule has 0 aliphatic heterocycles. The first kappa shape index (κ1) is 11.9. The van der Waals surface area contributed by atoms with Gasteiger partial charge in [0.1, 0.15) is 0 Å².